The van der Waals surface area contributed by atoms with E-state index in [1.807, 2.05) is 20.8 Å². The molecule has 0 amide bonds. The third-order valence-corrected chi connectivity index (χ3v) is 2.52. The van der Waals surface area contributed by atoms with Crippen LogP contribution in [0.25, 0.3) is 0 Å². The summed E-state index contributed by atoms with van der Waals surface area (Å²) in [6, 6.07) is 0. The zero-order valence-electron chi connectivity index (χ0n) is 10.6. The van der Waals surface area contributed by atoms with Gasteiger partial charge in [0.15, 0.2) is 0 Å². The van der Waals surface area contributed by atoms with Gasteiger partial charge in [-0.2, -0.15) is 5.10 Å². The predicted molar refractivity (Wildman–Crippen MR) is 62.4 cm³/mol. The normalized spacial score (nSPS) is 12.5. The summed E-state index contributed by atoms with van der Waals surface area (Å²) in [6.07, 6.45) is 0.829. The maximum absolute atomic E-state index is 10.1. The summed E-state index contributed by atoms with van der Waals surface area (Å²) in [7, 11) is 0. The molecule has 1 aromatic heterocycles. The molecule has 1 N–H and O–H groups in total. The second kappa shape index (κ2) is 3.87. The van der Waals surface area contributed by atoms with E-state index in [0.717, 1.165) is 17.7 Å². The van der Waals surface area contributed by atoms with Crippen LogP contribution in [0.15, 0.2) is 0 Å². The lowest BCUT2D eigenvalue weighted by Crippen LogP contribution is -2.22. The maximum atomic E-state index is 10.1. The Labute approximate surface area is 92.1 Å². The van der Waals surface area contributed by atoms with E-state index >= 15 is 0 Å². The van der Waals surface area contributed by atoms with Gasteiger partial charge in [0, 0.05) is 5.56 Å². The van der Waals surface area contributed by atoms with Crippen molar-refractivity contribution in [1.29, 1.82) is 0 Å². The molecule has 0 saturated heterocycles. The third-order valence-electron chi connectivity index (χ3n) is 2.52. The average Bonchev–Trinajstić information content (AvgIpc) is 2.41. The van der Waals surface area contributed by atoms with E-state index in [0.29, 0.717) is 11.8 Å². The molecule has 0 unspecified atom stereocenters. The van der Waals surface area contributed by atoms with Gasteiger partial charge in [0.1, 0.15) is 0 Å². The van der Waals surface area contributed by atoms with Crippen molar-refractivity contribution in [2.24, 2.45) is 0 Å². The summed E-state index contributed by atoms with van der Waals surface area (Å²) >= 11 is 0. The van der Waals surface area contributed by atoms with E-state index in [2.05, 4.69) is 25.9 Å². The fourth-order valence-corrected chi connectivity index (χ4v) is 1.73. The van der Waals surface area contributed by atoms with Crippen molar-refractivity contribution < 1.29 is 5.11 Å². The summed E-state index contributed by atoms with van der Waals surface area (Å²) < 4.78 is 1.72. The highest BCUT2D eigenvalue weighted by Crippen LogP contribution is 2.31. The molecule has 0 atom stereocenters. The molecule has 1 rings (SSSR count). The van der Waals surface area contributed by atoms with Crippen LogP contribution in [0, 0.1) is 0 Å². The summed E-state index contributed by atoms with van der Waals surface area (Å²) in [5.41, 5.74) is 1.84. The molecule has 15 heavy (non-hydrogen) atoms. The van der Waals surface area contributed by atoms with E-state index in [1.165, 1.54) is 0 Å². The topological polar surface area (TPSA) is 38.0 Å². The van der Waals surface area contributed by atoms with Crippen molar-refractivity contribution in [3.63, 3.8) is 0 Å². The lowest BCUT2D eigenvalue weighted by molar-refractivity contribution is 0.292. The van der Waals surface area contributed by atoms with Gasteiger partial charge >= 0.3 is 0 Å². The van der Waals surface area contributed by atoms with E-state index in [-0.39, 0.29) is 5.54 Å². The first kappa shape index (κ1) is 12.1. The Morgan fingerprint density at radius 2 is 1.87 bits per heavy atom. The van der Waals surface area contributed by atoms with Crippen LogP contribution in [0.1, 0.15) is 58.7 Å². The molecule has 0 aliphatic carbocycles. The standard InChI is InChI=1S/C12H22N2O/c1-7-9-10(8(2)3)13-14(11(9)15)12(4,5)6/h8,15H,7H2,1-6H3. The van der Waals surface area contributed by atoms with Crippen LogP contribution < -0.4 is 0 Å². The van der Waals surface area contributed by atoms with Gasteiger partial charge in [-0.15, -0.1) is 0 Å². The van der Waals surface area contributed by atoms with E-state index in [9.17, 15) is 5.11 Å². The minimum Gasteiger partial charge on any atom is -0.493 e. The molecule has 0 spiro atoms. The van der Waals surface area contributed by atoms with Gasteiger partial charge in [-0.3, -0.25) is 0 Å². The predicted octanol–water partition coefficient (Wildman–Crippen LogP) is 3.03. The van der Waals surface area contributed by atoms with Crippen LogP contribution in [0.4, 0.5) is 0 Å². The van der Waals surface area contributed by atoms with E-state index < -0.39 is 0 Å². The van der Waals surface area contributed by atoms with Crippen LogP contribution in [-0.4, -0.2) is 14.9 Å². The molecule has 1 aromatic rings. The van der Waals surface area contributed by atoms with Crippen molar-refractivity contribution in [2.45, 2.75) is 59.4 Å². The number of rotatable bonds is 2. The molecule has 0 radical (unpaired) electrons. The molecule has 0 fully saturated rings. The average molecular weight is 210 g/mol. The summed E-state index contributed by atoms with van der Waals surface area (Å²) in [6.45, 7) is 12.4. The van der Waals surface area contributed by atoms with Crippen molar-refractivity contribution in [1.82, 2.24) is 9.78 Å². The second-order valence-corrected chi connectivity index (χ2v) is 5.28. The SMILES string of the molecule is CCc1c(C(C)C)nn(C(C)(C)C)c1O. The Morgan fingerprint density at radius 1 is 1.33 bits per heavy atom. The Morgan fingerprint density at radius 3 is 2.13 bits per heavy atom. The summed E-state index contributed by atoms with van der Waals surface area (Å²) in [4.78, 5) is 0. The fourth-order valence-electron chi connectivity index (χ4n) is 1.73. The van der Waals surface area contributed by atoms with Gasteiger partial charge in [0.2, 0.25) is 5.88 Å². The Kier molecular flexibility index (Phi) is 3.12. The van der Waals surface area contributed by atoms with Crippen molar-refractivity contribution >= 4 is 0 Å². The maximum Gasteiger partial charge on any atom is 0.213 e. The molecular formula is C12H22N2O. The number of aromatic hydroxyl groups is 1. The Hall–Kier alpha value is -0.990. The monoisotopic (exact) mass is 210 g/mol. The van der Waals surface area contributed by atoms with Crippen LogP contribution in [-0.2, 0) is 12.0 Å². The van der Waals surface area contributed by atoms with Gasteiger partial charge in [0.25, 0.3) is 0 Å². The van der Waals surface area contributed by atoms with Gasteiger partial charge < -0.3 is 5.11 Å². The van der Waals surface area contributed by atoms with Gasteiger partial charge in [-0.05, 0) is 33.1 Å². The lowest BCUT2D eigenvalue weighted by Gasteiger charge is -2.20. The van der Waals surface area contributed by atoms with E-state index in [4.69, 9.17) is 0 Å². The number of nitrogens with zero attached hydrogens (tertiary/aromatic N) is 2. The second-order valence-electron chi connectivity index (χ2n) is 5.28. The molecule has 3 nitrogen and oxygen atoms in total. The van der Waals surface area contributed by atoms with Crippen molar-refractivity contribution in [3.05, 3.63) is 11.3 Å². The highest BCUT2D eigenvalue weighted by molar-refractivity contribution is 5.33. The highest BCUT2D eigenvalue weighted by atomic mass is 16.3. The minimum atomic E-state index is -0.166. The first-order chi connectivity index (χ1) is 6.79. The molecule has 86 valence electrons. The van der Waals surface area contributed by atoms with Crippen LogP contribution in [0.2, 0.25) is 0 Å². The molecule has 0 aromatic carbocycles. The van der Waals surface area contributed by atoms with Crippen LogP contribution in [0.3, 0.4) is 0 Å². The van der Waals surface area contributed by atoms with Crippen molar-refractivity contribution in [3.8, 4) is 5.88 Å². The molecule has 0 bridgehead atoms. The number of hydrogen-bond acceptors (Lipinski definition) is 2. The number of hydrogen-bond donors (Lipinski definition) is 1. The zero-order valence-corrected chi connectivity index (χ0v) is 10.6. The molecule has 3 heteroatoms. The largest absolute Gasteiger partial charge is 0.493 e. The Balaban J connectivity index is 3.34. The van der Waals surface area contributed by atoms with Gasteiger partial charge in [0.05, 0.1) is 11.2 Å². The summed E-state index contributed by atoms with van der Waals surface area (Å²) in [5, 5.41) is 14.6. The fraction of sp³-hybridized carbons (Fsp3) is 0.750. The molecule has 0 aliphatic heterocycles. The first-order valence-corrected chi connectivity index (χ1v) is 5.60. The molecule has 0 aliphatic rings. The molecule has 1 heterocycles. The van der Waals surface area contributed by atoms with Gasteiger partial charge in [-0.1, -0.05) is 20.8 Å². The first-order valence-electron chi connectivity index (χ1n) is 5.60. The lowest BCUT2D eigenvalue weighted by atomic mass is 10.0. The Bertz CT molecular complexity index is 345. The summed E-state index contributed by atoms with van der Waals surface area (Å²) in [5.74, 6) is 0.683. The quantitative estimate of drug-likeness (QED) is 0.814. The highest BCUT2D eigenvalue weighted by Gasteiger charge is 2.24. The number of aromatic nitrogens is 2. The third kappa shape index (κ3) is 2.16. The van der Waals surface area contributed by atoms with Gasteiger partial charge in [-0.25, -0.2) is 4.68 Å². The molecule has 0 saturated carbocycles. The smallest absolute Gasteiger partial charge is 0.213 e. The zero-order chi connectivity index (χ0) is 11.8. The van der Waals surface area contributed by atoms with Crippen LogP contribution >= 0.6 is 0 Å². The van der Waals surface area contributed by atoms with Crippen LogP contribution in [0.5, 0.6) is 5.88 Å². The van der Waals surface area contributed by atoms with Crippen molar-refractivity contribution in [2.75, 3.05) is 0 Å². The minimum absolute atomic E-state index is 0.166. The molecular weight excluding hydrogens is 188 g/mol. The van der Waals surface area contributed by atoms with E-state index in [1.54, 1.807) is 4.68 Å².